The van der Waals surface area contributed by atoms with Crippen molar-refractivity contribution >= 4 is 5.91 Å². The monoisotopic (exact) mass is 337 g/mol. The first-order chi connectivity index (χ1) is 12.2. The van der Waals surface area contributed by atoms with Crippen LogP contribution in [-0.4, -0.2) is 23.0 Å². The van der Waals surface area contributed by atoms with E-state index in [-0.39, 0.29) is 24.0 Å². The fourth-order valence-corrected chi connectivity index (χ4v) is 4.40. The smallest absolute Gasteiger partial charge is 0.223 e. The Hall–Kier alpha value is -2.35. The number of hydrogen-bond donors (Lipinski definition) is 1. The second-order valence-electron chi connectivity index (χ2n) is 7.48. The van der Waals surface area contributed by atoms with Crippen LogP contribution in [0.25, 0.3) is 0 Å². The fraction of sp³-hybridized carbons (Fsp3) is 0.550. The highest BCUT2D eigenvalue weighted by Gasteiger charge is 2.40. The van der Waals surface area contributed by atoms with Gasteiger partial charge in [-0.25, -0.2) is 4.98 Å². The summed E-state index contributed by atoms with van der Waals surface area (Å²) in [7, 11) is 0. The molecular formula is C20H23N3O2. The second-order valence-corrected chi connectivity index (χ2v) is 7.48. The van der Waals surface area contributed by atoms with Gasteiger partial charge in [0.1, 0.15) is 12.2 Å². The van der Waals surface area contributed by atoms with Gasteiger partial charge in [-0.05, 0) is 56.4 Å². The Balaban J connectivity index is 1.23. The number of carbonyl (C=O) groups is 1. The van der Waals surface area contributed by atoms with Crippen LogP contribution in [0.4, 0.5) is 0 Å². The third-order valence-corrected chi connectivity index (χ3v) is 5.79. The molecule has 4 rings (SSSR count). The lowest BCUT2D eigenvalue weighted by atomic mass is 9.90. The van der Waals surface area contributed by atoms with Crippen LogP contribution in [0.5, 0.6) is 5.88 Å². The van der Waals surface area contributed by atoms with Gasteiger partial charge in [0, 0.05) is 24.2 Å². The summed E-state index contributed by atoms with van der Waals surface area (Å²) in [5.41, 5.74) is 0.536. The first-order valence-electron chi connectivity index (χ1n) is 9.23. The van der Waals surface area contributed by atoms with Gasteiger partial charge in [-0.3, -0.25) is 4.79 Å². The first kappa shape index (κ1) is 16.1. The van der Waals surface area contributed by atoms with Crippen LogP contribution in [0.15, 0.2) is 30.5 Å². The van der Waals surface area contributed by atoms with Crippen LogP contribution >= 0.6 is 0 Å². The summed E-state index contributed by atoms with van der Waals surface area (Å²) < 4.78 is 5.91. The van der Waals surface area contributed by atoms with E-state index in [1.165, 1.54) is 6.20 Å². The lowest BCUT2D eigenvalue weighted by Gasteiger charge is -2.30. The first-order valence-corrected chi connectivity index (χ1v) is 9.23. The number of carbonyl (C=O) groups excluding carboxylic acids is 1. The number of nitrogens with zero attached hydrogens (tertiary/aromatic N) is 2. The molecule has 1 amide bonds. The summed E-state index contributed by atoms with van der Waals surface area (Å²) in [4.78, 5) is 16.7. The highest BCUT2D eigenvalue weighted by molar-refractivity contribution is 5.80. The molecular weight excluding hydrogens is 314 g/mol. The molecule has 2 fully saturated rings. The number of allylic oxidation sites excluding steroid dienone is 2. The van der Waals surface area contributed by atoms with Crippen LogP contribution in [0.1, 0.15) is 44.1 Å². The molecule has 3 atom stereocenters. The zero-order valence-electron chi connectivity index (χ0n) is 14.2. The number of rotatable bonds is 4. The van der Waals surface area contributed by atoms with E-state index < -0.39 is 0 Å². The standard InChI is InChI=1S/C20H23N3O2/c21-11-14-2-8-19(22-12-14)25-17-6-4-16(5-7-17)23-20(24)18-10-13-1-3-15(18)9-13/h1-3,8,12-13,15-18H,4-7,9-10H2,(H,23,24). The minimum atomic E-state index is 0.138. The molecule has 3 aliphatic rings. The Labute approximate surface area is 148 Å². The van der Waals surface area contributed by atoms with Crippen molar-refractivity contribution in [1.29, 1.82) is 5.26 Å². The molecule has 1 heterocycles. The van der Waals surface area contributed by atoms with Gasteiger partial charge >= 0.3 is 0 Å². The van der Waals surface area contributed by atoms with Crippen LogP contribution in [-0.2, 0) is 4.79 Å². The molecule has 0 radical (unpaired) electrons. The quantitative estimate of drug-likeness (QED) is 0.857. The molecule has 3 unspecified atom stereocenters. The van der Waals surface area contributed by atoms with Gasteiger partial charge in [-0.1, -0.05) is 12.2 Å². The maximum Gasteiger partial charge on any atom is 0.223 e. The van der Waals surface area contributed by atoms with Gasteiger partial charge in [-0.15, -0.1) is 0 Å². The molecule has 0 aromatic carbocycles. The maximum atomic E-state index is 12.5. The number of nitrogens with one attached hydrogen (secondary N) is 1. The molecule has 0 aliphatic heterocycles. The van der Waals surface area contributed by atoms with Crippen LogP contribution in [0, 0.1) is 29.1 Å². The fourth-order valence-electron chi connectivity index (χ4n) is 4.40. The third kappa shape index (κ3) is 3.53. The van der Waals surface area contributed by atoms with Crippen molar-refractivity contribution in [3.8, 4) is 11.9 Å². The Bertz CT molecular complexity index is 699. The van der Waals surface area contributed by atoms with E-state index in [4.69, 9.17) is 10.00 Å². The highest BCUT2D eigenvalue weighted by atomic mass is 16.5. The van der Waals surface area contributed by atoms with Crippen LogP contribution < -0.4 is 10.1 Å². The van der Waals surface area contributed by atoms with Crippen LogP contribution in [0.2, 0.25) is 0 Å². The van der Waals surface area contributed by atoms with E-state index in [1.54, 1.807) is 12.1 Å². The molecule has 2 bridgehead atoms. The molecule has 5 nitrogen and oxygen atoms in total. The van der Waals surface area contributed by atoms with E-state index in [1.807, 2.05) is 0 Å². The summed E-state index contributed by atoms with van der Waals surface area (Å²) in [6.07, 6.45) is 12.1. The minimum absolute atomic E-state index is 0.138. The van der Waals surface area contributed by atoms with Crippen molar-refractivity contribution < 1.29 is 9.53 Å². The van der Waals surface area contributed by atoms with Crippen molar-refractivity contribution in [1.82, 2.24) is 10.3 Å². The SMILES string of the molecule is N#Cc1ccc(OC2CCC(NC(=O)C3CC4C=CC3C4)CC2)nc1. The molecule has 3 aliphatic carbocycles. The number of ether oxygens (including phenoxy) is 1. The van der Waals surface area contributed by atoms with E-state index in [0.29, 0.717) is 23.3 Å². The van der Waals surface area contributed by atoms with E-state index >= 15 is 0 Å². The van der Waals surface area contributed by atoms with Crippen molar-refractivity contribution in [3.05, 3.63) is 36.0 Å². The van der Waals surface area contributed by atoms with E-state index in [0.717, 1.165) is 38.5 Å². The number of pyridine rings is 1. The largest absolute Gasteiger partial charge is 0.474 e. The van der Waals surface area contributed by atoms with Gasteiger partial charge in [0.15, 0.2) is 0 Å². The Morgan fingerprint density at radius 1 is 1.20 bits per heavy atom. The number of hydrogen-bond acceptors (Lipinski definition) is 4. The maximum absolute atomic E-state index is 12.5. The average Bonchev–Trinajstić information content (AvgIpc) is 3.27. The Morgan fingerprint density at radius 3 is 2.64 bits per heavy atom. The van der Waals surface area contributed by atoms with Gasteiger partial charge in [0.2, 0.25) is 11.8 Å². The van der Waals surface area contributed by atoms with Gasteiger partial charge in [0.25, 0.3) is 0 Å². The molecule has 0 spiro atoms. The molecule has 0 saturated heterocycles. The number of fused-ring (bicyclic) bond motifs is 2. The third-order valence-electron chi connectivity index (χ3n) is 5.79. The van der Waals surface area contributed by atoms with Crippen molar-refractivity contribution in [2.45, 2.75) is 50.7 Å². The lowest BCUT2D eigenvalue weighted by molar-refractivity contribution is -0.126. The zero-order chi connectivity index (χ0) is 17.2. The number of amides is 1. The molecule has 1 aromatic rings. The minimum Gasteiger partial charge on any atom is -0.474 e. The predicted molar refractivity (Wildman–Crippen MR) is 92.6 cm³/mol. The topological polar surface area (TPSA) is 75.0 Å². The molecule has 130 valence electrons. The summed E-state index contributed by atoms with van der Waals surface area (Å²) in [6.45, 7) is 0. The molecule has 25 heavy (non-hydrogen) atoms. The van der Waals surface area contributed by atoms with Crippen molar-refractivity contribution in [2.24, 2.45) is 17.8 Å². The normalized spacial score (nSPS) is 33.0. The predicted octanol–water partition coefficient (Wildman–Crippen LogP) is 2.97. The summed E-state index contributed by atoms with van der Waals surface area (Å²) in [5, 5.41) is 12.1. The van der Waals surface area contributed by atoms with Gasteiger partial charge < -0.3 is 10.1 Å². The lowest BCUT2D eigenvalue weighted by Crippen LogP contribution is -2.43. The summed E-state index contributed by atoms with van der Waals surface area (Å²) >= 11 is 0. The van der Waals surface area contributed by atoms with Crippen LogP contribution in [0.3, 0.4) is 0 Å². The Kier molecular flexibility index (Phi) is 4.44. The summed E-state index contributed by atoms with van der Waals surface area (Å²) in [6, 6.07) is 5.79. The second kappa shape index (κ2) is 6.87. The highest BCUT2D eigenvalue weighted by Crippen LogP contribution is 2.43. The van der Waals surface area contributed by atoms with Gasteiger partial charge in [0.05, 0.1) is 5.56 Å². The average molecular weight is 337 g/mol. The zero-order valence-corrected chi connectivity index (χ0v) is 14.2. The van der Waals surface area contributed by atoms with Crippen molar-refractivity contribution in [2.75, 3.05) is 0 Å². The Morgan fingerprint density at radius 2 is 2.04 bits per heavy atom. The number of aromatic nitrogens is 1. The molecule has 2 saturated carbocycles. The van der Waals surface area contributed by atoms with E-state index in [2.05, 4.69) is 28.5 Å². The van der Waals surface area contributed by atoms with Crippen molar-refractivity contribution in [3.63, 3.8) is 0 Å². The molecule has 5 heteroatoms. The van der Waals surface area contributed by atoms with Gasteiger partial charge in [-0.2, -0.15) is 5.26 Å². The molecule has 1 N–H and O–H groups in total. The van der Waals surface area contributed by atoms with E-state index in [9.17, 15) is 4.79 Å². The summed E-state index contributed by atoms with van der Waals surface area (Å²) in [5.74, 6) is 2.10. The number of nitriles is 1. The molecule has 1 aromatic heterocycles.